The third kappa shape index (κ3) is 11.3. The minimum Gasteiger partial charge on any atom is -0.507 e. The van der Waals surface area contributed by atoms with Gasteiger partial charge in [-0.15, -0.1) is 0 Å². The number of aliphatic hydroxyl groups is 3. The van der Waals surface area contributed by atoms with Crippen LogP contribution in [-0.2, 0) is 36.8 Å². The summed E-state index contributed by atoms with van der Waals surface area (Å²) in [5.41, 5.74) is 6.22. The second-order valence-electron chi connectivity index (χ2n) is 20.9. The van der Waals surface area contributed by atoms with Crippen LogP contribution in [0.25, 0.3) is 0 Å². The van der Waals surface area contributed by atoms with Crippen LogP contribution in [0.15, 0.2) is 95.4 Å². The Morgan fingerprint density at radius 2 is 1.52 bits per heavy atom. The maximum atomic E-state index is 14.1. The van der Waals surface area contributed by atoms with Crippen molar-refractivity contribution in [2.75, 3.05) is 19.0 Å². The Balaban J connectivity index is 0.763. The highest BCUT2D eigenvalue weighted by Gasteiger charge is 2.51. The lowest BCUT2D eigenvalue weighted by Gasteiger charge is -2.42. The molecule has 1 saturated carbocycles. The summed E-state index contributed by atoms with van der Waals surface area (Å²) in [6, 6.07) is 17.6. The first-order chi connectivity index (χ1) is 39.4. The van der Waals surface area contributed by atoms with Gasteiger partial charge in [-0.25, -0.2) is 9.59 Å². The normalized spacial score (nSPS) is 25.7. The second-order valence-corrected chi connectivity index (χ2v) is 20.9. The number of pyridine rings is 2. The number of ether oxygens (including phenoxy) is 5. The molecule has 2 fully saturated rings. The highest BCUT2D eigenvalue weighted by Crippen LogP contribution is 2.53. The van der Waals surface area contributed by atoms with Gasteiger partial charge in [0.15, 0.2) is 17.9 Å². The number of phenolic OH excluding ortho intramolecular Hbond substituents is 2. The van der Waals surface area contributed by atoms with E-state index in [1.54, 1.807) is 36.7 Å². The van der Waals surface area contributed by atoms with E-state index >= 15 is 0 Å². The van der Waals surface area contributed by atoms with Crippen molar-refractivity contribution in [2.45, 2.75) is 114 Å². The van der Waals surface area contributed by atoms with Crippen LogP contribution in [0.1, 0.15) is 118 Å². The number of hydrogen-bond acceptors (Lipinski definition) is 21. The first-order valence-corrected chi connectivity index (χ1v) is 26.7. The van der Waals surface area contributed by atoms with E-state index in [2.05, 4.69) is 36.1 Å². The molecule has 3 amide bonds. The van der Waals surface area contributed by atoms with Gasteiger partial charge in [-0.05, 0) is 80.6 Å². The van der Waals surface area contributed by atoms with Crippen LogP contribution in [0.3, 0.4) is 0 Å². The molecule has 0 bridgehead atoms. The number of hydrogen-bond donors (Lipinski definition) is 9. The van der Waals surface area contributed by atoms with Crippen molar-refractivity contribution >= 4 is 52.6 Å². The first-order valence-electron chi connectivity index (χ1n) is 26.7. The highest BCUT2D eigenvalue weighted by atomic mass is 16.7. The Labute approximate surface area is 468 Å². The Kier molecular flexibility index (Phi) is 16.3. The van der Waals surface area contributed by atoms with Gasteiger partial charge in [0.05, 0.1) is 76.7 Å². The van der Waals surface area contributed by atoms with Crippen molar-refractivity contribution in [3.63, 3.8) is 0 Å². The van der Waals surface area contributed by atoms with Gasteiger partial charge in [0.1, 0.15) is 47.9 Å². The lowest BCUT2D eigenvalue weighted by Crippen LogP contribution is -2.56. The van der Waals surface area contributed by atoms with Gasteiger partial charge in [-0.3, -0.25) is 29.1 Å². The van der Waals surface area contributed by atoms with Crippen molar-refractivity contribution in [1.29, 1.82) is 0 Å². The summed E-state index contributed by atoms with van der Waals surface area (Å²) in [5, 5.41) is 73.9. The molecule has 24 nitrogen and oxygen atoms in total. The smallest absolute Gasteiger partial charge is 0.412 e. The molecule has 82 heavy (non-hydrogen) atoms. The summed E-state index contributed by atoms with van der Waals surface area (Å²) in [7, 11) is 1.29. The SMILES string of the molecule is COc1cccc2c1C(=O)c1c(O)c3c(c(O)c1C2=O)C[C@@](O)(C(=O)CO)C[C@@H]3OC1CC(NC(=O)OCc2ccc(OC(=O)NC3CCC4C(c5ccc(NC(C)=O)cn5)=NN=C(c5ccccn5)C4CCC3N)cc2)C(O)C(C)O1. The number of aromatic hydroxyl groups is 2. The molecule has 0 spiro atoms. The number of nitrogens with zero attached hydrogens (tertiary/aromatic N) is 4. The van der Waals surface area contributed by atoms with Gasteiger partial charge >= 0.3 is 12.2 Å². The van der Waals surface area contributed by atoms with E-state index in [4.69, 9.17) is 29.4 Å². The number of amides is 3. The molecule has 2 aromatic heterocycles. The van der Waals surface area contributed by atoms with Crippen LogP contribution in [0, 0.1) is 11.8 Å². The van der Waals surface area contributed by atoms with Crippen molar-refractivity contribution < 1.29 is 78.0 Å². The number of methoxy groups -OCH3 is 1. The molecule has 2 aliphatic heterocycles. The number of Topliss-reactive ketones (excluding diaryl/α,β-unsaturated/α-hetero) is 1. The van der Waals surface area contributed by atoms with E-state index in [0.717, 1.165) is 5.71 Å². The number of aliphatic hydroxyl groups excluding tert-OH is 2. The second kappa shape index (κ2) is 23.5. The van der Waals surface area contributed by atoms with E-state index < -0.39 is 120 Å². The number of carbonyl (C=O) groups excluding carboxylic acids is 6. The first kappa shape index (κ1) is 56.7. The molecule has 10 N–H and O–H groups in total. The number of fused-ring (bicyclic) bond motifs is 4. The number of alkyl carbamates (subject to hydrolysis) is 1. The Hall–Kier alpha value is -8.52. The minimum absolute atomic E-state index is 0.0359. The molecule has 10 rings (SSSR count). The van der Waals surface area contributed by atoms with Crippen molar-refractivity contribution in [1.82, 2.24) is 20.6 Å². The summed E-state index contributed by atoms with van der Waals surface area (Å²) in [4.78, 5) is 88.6. The number of benzene rings is 3. The number of phenols is 2. The summed E-state index contributed by atoms with van der Waals surface area (Å²) in [6.45, 7) is 1.55. The maximum absolute atomic E-state index is 14.1. The zero-order chi connectivity index (χ0) is 58.1. The molecule has 428 valence electrons. The van der Waals surface area contributed by atoms with Crippen molar-refractivity contribution in [3.8, 4) is 23.0 Å². The van der Waals surface area contributed by atoms with Crippen LogP contribution in [-0.4, -0.2) is 138 Å². The highest BCUT2D eigenvalue weighted by molar-refractivity contribution is 6.31. The van der Waals surface area contributed by atoms with E-state index in [1.807, 2.05) is 18.2 Å². The van der Waals surface area contributed by atoms with E-state index in [9.17, 15) is 54.3 Å². The molecule has 5 aromatic rings. The predicted molar refractivity (Wildman–Crippen MR) is 290 cm³/mol. The number of nitrogens with two attached hydrogens (primary N) is 1. The lowest BCUT2D eigenvalue weighted by atomic mass is 9.72. The van der Waals surface area contributed by atoms with Crippen molar-refractivity contribution in [2.24, 2.45) is 27.8 Å². The molecular formula is C58H60N8O16. The minimum atomic E-state index is -2.40. The van der Waals surface area contributed by atoms with Gasteiger partial charge < -0.3 is 70.9 Å². The predicted octanol–water partition coefficient (Wildman–Crippen LogP) is 4.22. The van der Waals surface area contributed by atoms with E-state index in [-0.39, 0.29) is 64.5 Å². The zero-order valence-electron chi connectivity index (χ0n) is 44.7. The Bertz CT molecular complexity index is 3400. The van der Waals surface area contributed by atoms with Crippen LogP contribution in [0.2, 0.25) is 0 Å². The summed E-state index contributed by atoms with van der Waals surface area (Å²) < 4.78 is 28.7. The maximum Gasteiger partial charge on any atom is 0.412 e. The summed E-state index contributed by atoms with van der Waals surface area (Å²) in [5.74, 6) is -4.55. The van der Waals surface area contributed by atoms with Crippen LogP contribution < -0.4 is 31.2 Å². The third-order valence-electron chi connectivity index (χ3n) is 15.7. The number of anilines is 1. The van der Waals surface area contributed by atoms with Crippen LogP contribution >= 0.6 is 0 Å². The number of carbonyl (C=O) groups is 6. The van der Waals surface area contributed by atoms with Crippen LogP contribution in [0.5, 0.6) is 23.0 Å². The fourth-order valence-corrected chi connectivity index (χ4v) is 11.6. The largest absolute Gasteiger partial charge is 0.507 e. The topological polar surface area (TPSA) is 362 Å². The Morgan fingerprint density at radius 3 is 2.20 bits per heavy atom. The average molecular weight is 1130 g/mol. The van der Waals surface area contributed by atoms with Crippen LogP contribution in [0.4, 0.5) is 15.3 Å². The molecule has 10 atom stereocenters. The summed E-state index contributed by atoms with van der Waals surface area (Å²) >= 11 is 0. The quantitative estimate of drug-likeness (QED) is 0.0731. The monoisotopic (exact) mass is 1120 g/mol. The zero-order valence-corrected chi connectivity index (χ0v) is 44.7. The molecule has 24 heteroatoms. The molecule has 4 heterocycles. The van der Waals surface area contributed by atoms with Gasteiger partial charge in [-0.2, -0.15) is 10.2 Å². The molecular weight excluding hydrogens is 1060 g/mol. The Morgan fingerprint density at radius 1 is 0.817 bits per heavy atom. The molecule has 1 saturated heterocycles. The molecule has 3 aromatic carbocycles. The standard InChI is InChI=1S/C58H60N8O16/c1-27-51(70)40(21-44(80-27)82-42-23-58(77,43(69)25-67)22-35-46(42)55(74)48-47(53(35)72)52(71)34-7-6-9-41(78-3)45(34)54(48)73)64-56(75)79-26-29-10-13-31(14-11-29)81-57(76)63-37-19-16-33-32(15-17-36(37)59)49(38-8-4-5-20-60-38)65-66-50(33)39-18-12-30(24-61-39)62-28(2)68/h4-14,18,20,24,27,32-33,36-37,40,42,44,51,67,70,72,74,77H,15-17,19,21-23,25-26,59H2,1-3H3,(H,62,68)(H,63,76)(H,64,75)/t27?,32?,33?,36?,37?,40?,42-,44?,51?,58-/m0/s1. The lowest BCUT2D eigenvalue weighted by molar-refractivity contribution is -0.249. The average Bonchev–Trinajstić information content (AvgIpc) is 1.34. The molecule has 8 unspecified atom stereocenters. The van der Waals surface area contributed by atoms with E-state index in [0.29, 0.717) is 54.0 Å². The molecule has 3 aliphatic carbocycles. The van der Waals surface area contributed by atoms with Gasteiger partial charge in [0.25, 0.3) is 0 Å². The number of aromatic nitrogens is 2. The fourth-order valence-electron chi connectivity index (χ4n) is 11.6. The number of rotatable bonds is 13. The van der Waals surface area contributed by atoms with Gasteiger partial charge in [0.2, 0.25) is 11.7 Å². The van der Waals surface area contributed by atoms with Gasteiger partial charge in [-0.1, -0.05) is 30.3 Å². The number of nitrogens with one attached hydrogen (secondary N) is 3. The molecule has 0 radical (unpaired) electrons. The van der Waals surface area contributed by atoms with E-state index in [1.165, 1.54) is 51.3 Å². The number of ketones is 3. The van der Waals surface area contributed by atoms with Crippen molar-refractivity contribution in [3.05, 3.63) is 136 Å². The van der Waals surface area contributed by atoms with Gasteiger partial charge in [0, 0.05) is 73.0 Å². The summed E-state index contributed by atoms with van der Waals surface area (Å²) in [6.07, 6.45) is -2.98. The fraction of sp³-hybridized carbons (Fsp3) is 0.379. The third-order valence-corrected chi connectivity index (χ3v) is 15.7. The molecule has 5 aliphatic rings.